The molecule has 0 saturated heterocycles. The van der Waals surface area contributed by atoms with Gasteiger partial charge in [0.1, 0.15) is 5.82 Å². The van der Waals surface area contributed by atoms with Crippen LogP contribution in [0.2, 0.25) is 0 Å². The molecule has 1 heterocycles. The summed E-state index contributed by atoms with van der Waals surface area (Å²) in [6, 6.07) is 1.25. The molecule has 5 heteroatoms. The van der Waals surface area contributed by atoms with E-state index in [0.717, 1.165) is 5.69 Å². The standard InChI is InChI=1S/C12H20N4O/c1-8-14-6-5-9(16-8)7-15-11(17)10(13)12(2,3)4/h5-6,10H,7,13H2,1-4H3,(H,15,17)/t10-/m0/s1. The predicted octanol–water partition coefficient (Wildman–Crippen LogP) is 0.775. The number of hydrogen-bond donors (Lipinski definition) is 2. The zero-order chi connectivity index (χ0) is 13.1. The largest absolute Gasteiger partial charge is 0.349 e. The number of hydrogen-bond acceptors (Lipinski definition) is 4. The minimum atomic E-state index is -0.523. The average molecular weight is 236 g/mol. The molecule has 0 aromatic carbocycles. The van der Waals surface area contributed by atoms with Gasteiger partial charge in [0.2, 0.25) is 5.91 Å². The highest BCUT2D eigenvalue weighted by molar-refractivity contribution is 5.82. The summed E-state index contributed by atoms with van der Waals surface area (Å²) in [5.41, 5.74) is 6.38. The fourth-order valence-electron chi connectivity index (χ4n) is 1.28. The monoisotopic (exact) mass is 236 g/mol. The van der Waals surface area contributed by atoms with Crippen molar-refractivity contribution in [1.82, 2.24) is 15.3 Å². The summed E-state index contributed by atoms with van der Waals surface area (Å²) in [7, 11) is 0. The van der Waals surface area contributed by atoms with Gasteiger partial charge < -0.3 is 11.1 Å². The Labute approximate surface area is 102 Å². The van der Waals surface area contributed by atoms with E-state index >= 15 is 0 Å². The van der Waals surface area contributed by atoms with Gasteiger partial charge in [-0.05, 0) is 18.4 Å². The first kappa shape index (κ1) is 13.6. The van der Waals surface area contributed by atoms with Crippen molar-refractivity contribution in [3.05, 3.63) is 23.8 Å². The van der Waals surface area contributed by atoms with E-state index in [1.165, 1.54) is 0 Å². The molecule has 17 heavy (non-hydrogen) atoms. The van der Waals surface area contributed by atoms with Gasteiger partial charge in [0.25, 0.3) is 0 Å². The van der Waals surface area contributed by atoms with Crippen LogP contribution in [0.15, 0.2) is 12.3 Å². The van der Waals surface area contributed by atoms with Crippen molar-refractivity contribution in [3.63, 3.8) is 0 Å². The minimum absolute atomic E-state index is 0.159. The van der Waals surface area contributed by atoms with Crippen molar-refractivity contribution in [3.8, 4) is 0 Å². The van der Waals surface area contributed by atoms with E-state index in [4.69, 9.17) is 5.73 Å². The topological polar surface area (TPSA) is 80.9 Å². The molecule has 0 aliphatic carbocycles. The number of nitrogens with one attached hydrogen (secondary N) is 1. The normalized spacial score (nSPS) is 13.2. The Morgan fingerprint density at radius 3 is 2.71 bits per heavy atom. The molecule has 94 valence electrons. The van der Waals surface area contributed by atoms with Crippen LogP contribution in [0, 0.1) is 12.3 Å². The molecule has 1 aromatic heterocycles. The molecule has 0 spiro atoms. The third kappa shape index (κ3) is 4.11. The molecule has 0 aliphatic heterocycles. The lowest BCUT2D eigenvalue weighted by atomic mass is 9.87. The van der Waals surface area contributed by atoms with E-state index in [1.807, 2.05) is 27.7 Å². The van der Waals surface area contributed by atoms with Crippen LogP contribution in [0.5, 0.6) is 0 Å². The number of amides is 1. The second kappa shape index (κ2) is 5.23. The fraction of sp³-hybridized carbons (Fsp3) is 0.583. The zero-order valence-corrected chi connectivity index (χ0v) is 10.8. The molecule has 1 amide bonds. The van der Waals surface area contributed by atoms with Gasteiger partial charge in [-0.2, -0.15) is 0 Å². The molecule has 5 nitrogen and oxygen atoms in total. The van der Waals surface area contributed by atoms with Crippen LogP contribution in [0.1, 0.15) is 32.3 Å². The highest BCUT2D eigenvalue weighted by Crippen LogP contribution is 2.17. The van der Waals surface area contributed by atoms with E-state index in [2.05, 4.69) is 15.3 Å². The van der Waals surface area contributed by atoms with Crippen molar-refractivity contribution < 1.29 is 4.79 Å². The van der Waals surface area contributed by atoms with Crippen molar-refractivity contribution >= 4 is 5.91 Å². The predicted molar refractivity (Wildman–Crippen MR) is 66.0 cm³/mol. The van der Waals surface area contributed by atoms with Crippen LogP contribution >= 0.6 is 0 Å². The van der Waals surface area contributed by atoms with Gasteiger partial charge in [-0.3, -0.25) is 4.79 Å². The van der Waals surface area contributed by atoms with Crippen molar-refractivity contribution in [2.24, 2.45) is 11.1 Å². The van der Waals surface area contributed by atoms with E-state index in [1.54, 1.807) is 12.3 Å². The van der Waals surface area contributed by atoms with E-state index < -0.39 is 6.04 Å². The molecule has 1 atom stereocenters. The Bertz CT molecular complexity index is 398. The van der Waals surface area contributed by atoms with Crippen molar-refractivity contribution in [1.29, 1.82) is 0 Å². The van der Waals surface area contributed by atoms with Crippen molar-refractivity contribution in [2.45, 2.75) is 40.3 Å². The number of carbonyl (C=O) groups is 1. The summed E-state index contributed by atoms with van der Waals surface area (Å²) in [6.45, 7) is 8.00. The first-order valence-electron chi connectivity index (χ1n) is 5.62. The Kier molecular flexibility index (Phi) is 4.17. The van der Waals surface area contributed by atoms with Crippen LogP contribution in [0.25, 0.3) is 0 Å². The molecular weight excluding hydrogens is 216 g/mol. The zero-order valence-electron chi connectivity index (χ0n) is 10.8. The smallest absolute Gasteiger partial charge is 0.237 e. The second-order valence-electron chi connectivity index (χ2n) is 5.16. The van der Waals surface area contributed by atoms with E-state index in [9.17, 15) is 4.79 Å². The molecule has 1 rings (SSSR count). The lowest BCUT2D eigenvalue weighted by molar-refractivity contribution is -0.124. The fourth-order valence-corrected chi connectivity index (χ4v) is 1.28. The number of nitrogens with two attached hydrogens (primary N) is 1. The third-order valence-corrected chi connectivity index (χ3v) is 2.49. The van der Waals surface area contributed by atoms with Gasteiger partial charge in [-0.1, -0.05) is 20.8 Å². The average Bonchev–Trinajstić information content (AvgIpc) is 2.23. The van der Waals surface area contributed by atoms with Crippen LogP contribution in [0.4, 0.5) is 0 Å². The summed E-state index contributed by atoms with van der Waals surface area (Å²) < 4.78 is 0. The molecule has 0 fully saturated rings. The highest BCUT2D eigenvalue weighted by atomic mass is 16.2. The van der Waals surface area contributed by atoms with Crippen LogP contribution in [-0.4, -0.2) is 21.9 Å². The minimum Gasteiger partial charge on any atom is -0.349 e. The molecular formula is C12H20N4O. The third-order valence-electron chi connectivity index (χ3n) is 2.49. The summed E-state index contributed by atoms with van der Waals surface area (Å²) in [5, 5.41) is 2.78. The molecule has 3 N–H and O–H groups in total. The lowest BCUT2D eigenvalue weighted by Crippen LogP contribution is -2.48. The van der Waals surface area contributed by atoms with Crippen LogP contribution in [-0.2, 0) is 11.3 Å². The summed E-state index contributed by atoms with van der Waals surface area (Å²) >= 11 is 0. The van der Waals surface area contributed by atoms with Gasteiger partial charge in [0.05, 0.1) is 18.3 Å². The highest BCUT2D eigenvalue weighted by Gasteiger charge is 2.27. The second-order valence-corrected chi connectivity index (χ2v) is 5.16. The first-order valence-corrected chi connectivity index (χ1v) is 5.62. The number of rotatable bonds is 3. The summed E-state index contributed by atoms with van der Waals surface area (Å²) in [6.07, 6.45) is 1.67. The quantitative estimate of drug-likeness (QED) is 0.812. The summed E-state index contributed by atoms with van der Waals surface area (Å²) in [5.74, 6) is 0.533. The Hall–Kier alpha value is -1.49. The number of aryl methyl sites for hydroxylation is 1. The molecule has 0 bridgehead atoms. The first-order chi connectivity index (χ1) is 7.80. The molecule has 0 radical (unpaired) electrons. The maximum absolute atomic E-state index is 11.8. The van der Waals surface area contributed by atoms with Gasteiger partial charge >= 0.3 is 0 Å². The Balaban J connectivity index is 2.54. The Morgan fingerprint density at radius 1 is 1.53 bits per heavy atom. The lowest BCUT2D eigenvalue weighted by Gasteiger charge is -2.25. The van der Waals surface area contributed by atoms with Gasteiger partial charge in [-0.25, -0.2) is 9.97 Å². The maximum atomic E-state index is 11.8. The number of aromatic nitrogens is 2. The maximum Gasteiger partial charge on any atom is 0.237 e. The molecule has 0 aliphatic rings. The van der Waals surface area contributed by atoms with Crippen molar-refractivity contribution in [2.75, 3.05) is 0 Å². The van der Waals surface area contributed by atoms with E-state index in [-0.39, 0.29) is 11.3 Å². The van der Waals surface area contributed by atoms with Crippen LogP contribution < -0.4 is 11.1 Å². The molecule has 0 unspecified atom stereocenters. The summed E-state index contributed by atoms with van der Waals surface area (Å²) in [4.78, 5) is 20.0. The van der Waals surface area contributed by atoms with Crippen LogP contribution in [0.3, 0.4) is 0 Å². The van der Waals surface area contributed by atoms with Gasteiger partial charge in [0, 0.05) is 6.20 Å². The molecule has 0 saturated carbocycles. The number of nitrogens with zero attached hydrogens (tertiary/aromatic N) is 2. The van der Waals surface area contributed by atoms with Gasteiger partial charge in [-0.15, -0.1) is 0 Å². The van der Waals surface area contributed by atoms with Gasteiger partial charge in [0.15, 0.2) is 0 Å². The Morgan fingerprint density at radius 2 is 2.18 bits per heavy atom. The number of carbonyl (C=O) groups excluding carboxylic acids is 1. The SMILES string of the molecule is Cc1nccc(CNC(=O)[C@H](N)C(C)(C)C)n1. The molecule has 1 aromatic rings. The van der Waals surface area contributed by atoms with E-state index in [0.29, 0.717) is 12.4 Å².